The van der Waals surface area contributed by atoms with Crippen LogP contribution in [-0.4, -0.2) is 40.8 Å². The molecule has 2 aromatic heterocycles. The Labute approximate surface area is 215 Å². The van der Waals surface area contributed by atoms with Crippen LogP contribution in [0.1, 0.15) is 49.3 Å². The average molecular weight is 508 g/mol. The van der Waals surface area contributed by atoms with E-state index in [1.54, 1.807) is 37.9 Å². The van der Waals surface area contributed by atoms with E-state index in [1.165, 1.54) is 6.07 Å². The summed E-state index contributed by atoms with van der Waals surface area (Å²) < 4.78 is 6.99. The summed E-state index contributed by atoms with van der Waals surface area (Å²) in [6, 6.07) is 10.8. The molecule has 1 amide bonds. The molecular formula is C27H30ClN5O3. The van der Waals surface area contributed by atoms with E-state index in [9.17, 15) is 14.9 Å². The Hall–Kier alpha value is -3.41. The van der Waals surface area contributed by atoms with E-state index in [4.69, 9.17) is 16.3 Å². The van der Waals surface area contributed by atoms with Crippen molar-refractivity contribution in [2.45, 2.75) is 57.2 Å². The van der Waals surface area contributed by atoms with Gasteiger partial charge in [-0.1, -0.05) is 17.7 Å². The summed E-state index contributed by atoms with van der Waals surface area (Å²) in [7, 11) is 3.45. The van der Waals surface area contributed by atoms with Gasteiger partial charge in [-0.15, -0.1) is 0 Å². The van der Waals surface area contributed by atoms with Crippen LogP contribution in [0.2, 0.25) is 5.15 Å². The minimum Gasteiger partial charge on any atom is -0.381 e. The number of hydrogen-bond acceptors (Lipinski definition) is 6. The largest absolute Gasteiger partial charge is 0.381 e. The Morgan fingerprint density at radius 3 is 2.72 bits per heavy atom. The molecule has 0 bridgehead atoms. The van der Waals surface area contributed by atoms with Crippen molar-refractivity contribution in [3.05, 3.63) is 68.7 Å². The number of nitriles is 1. The van der Waals surface area contributed by atoms with Crippen LogP contribution < -0.4 is 16.2 Å². The average Bonchev–Trinajstić information content (AvgIpc) is 2.87. The Kier molecular flexibility index (Phi) is 7.92. The number of rotatable bonds is 7. The van der Waals surface area contributed by atoms with Gasteiger partial charge >= 0.3 is 0 Å². The van der Waals surface area contributed by atoms with Crippen molar-refractivity contribution in [2.24, 2.45) is 7.05 Å². The second kappa shape index (κ2) is 11.1. The highest BCUT2D eigenvalue weighted by atomic mass is 35.5. The molecular weight excluding hydrogens is 478 g/mol. The van der Waals surface area contributed by atoms with Crippen LogP contribution in [0.25, 0.3) is 10.9 Å². The number of methoxy groups -OCH3 is 1. The molecule has 3 aromatic rings. The van der Waals surface area contributed by atoms with Crippen LogP contribution in [-0.2, 0) is 23.0 Å². The highest BCUT2D eigenvalue weighted by Crippen LogP contribution is 2.26. The van der Waals surface area contributed by atoms with Crippen molar-refractivity contribution in [1.29, 1.82) is 5.26 Å². The van der Waals surface area contributed by atoms with Gasteiger partial charge in [0.05, 0.1) is 17.2 Å². The zero-order valence-electron chi connectivity index (χ0n) is 20.7. The maximum Gasteiger partial charge on any atom is 0.252 e. The molecule has 36 heavy (non-hydrogen) atoms. The molecule has 1 atom stereocenters. The first-order valence-electron chi connectivity index (χ1n) is 12.1. The monoisotopic (exact) mass is 507 g/mol. The van der Waals surface area contributed by atoms with Gasteiger partial charge in [-0.2, -0.15) is 5.26 Å². The lowest BCUT2D eigenvalue weighted by Gasteiger charge is -2.29. The van der Waals surface area contributed by atoms with Crippen LogP contribution in [0.15, 0.2) is 41.3 Å². The number of fused-ring (bicyclic) bond motifs is 1. The zero-order valence-corrected chi connectivity index (χ0v) is 21.4. The highest BCUT2D eigenvalue weighted by Gasteiger charge is 2.24. The molecule has 0 spiro atoms. The van der Waals surface area contributed by atoms with Crippen LogP contribution in [0, 0.1) is 11.3 Å². The smallest absolute Gasteiger partial charge is 0.252 e. The molecule has 2 N–H and O–H groups in total. The number of hydrogen-bond donors (Lipinski definition) is 2. The summed E-state index contributed by atoms with van der Waals surface area (Å²) in [4.78, 5) is 29.5. The second-order valence-electron chi connectivity index (χ2n) is 9.32. The first kappa shape index (κ1) is 25.7. The van der Waals surface area contributed by atoms with Crippen molar-refractivity contribution in [3.8, 4) is 6.07 Å². The van der Waals surface area contributed by atoms with Gasteiger partial charge in [0.1, 0.15) is 17.3 Å². The molecule has 188 valence electrons. The Morgan fingerprint density at radius 2 is 2.03 bits per heavy atom. The second-order valence-corrected chi connectivity index (χ2v) is 9.67. The lowest BCUT2D eigenvalue weighted by atomic mass is 9.93. The van der Waals surface area contributed by atoms with Gasteiger partial charge in [0.2, 0.25) is 5.91 Å². The minimum atomic E-state index is -0.534. The lowest BCUT2D eigenvalue weighted by molar-refractivity contribution is -0.122. The van der Waals surface area contributed by atoms with Crippen molar-refractivity contribution >= 4 is 34.1 Å². The number of pyridine rings is 2. The number of aromatic nitrogens is 2. The number of carbonyl (C=O) groups is 1. The molecule has 1 aliphatic carbocycles. The van der Waals surface area contributed by atoms with Crippen LogP contribution in [0.4, 0.5) is 5.69 Å². The first-order valence-corrected chi connectivity index (χ1v) is 12.4. The fourth-order valence-electron chi connectivity index (χ4n) is 4.76. The Morgan fingerprint density at radius 1 is 1.28 bits per heavy atom. The number of aryl methyl sites for hydroxylation is 1. The molecule has 0 radical (unpaired) electrons. The quantitative estimate of drug-likeness (QED) is 0.469. The fourth-order valence-corrected chi connectivity index (χ4v) is 4.98. The Bertz CT molecular complexity index is 1370. The number of ether oxygens (including phenoxy) is 1. The molecule has 1 fully saturated rings. The number of nitrogens with one attached hydrogen (secondary N) is 2. The number of halogens is 1. The number of carbonyl (C=O) groups excluding carboxylic acids is 1. The Balaban J connectivity index is 1.57. The maximum absolute atomic E-state index is 12.9. The summed E-state index contributed by atoms with van der Waals surface area (Å²) in [6.07, 6.45) is 5.96. The third kappa shape index (κ3) is 5.53. The highest BCUT2D eigenvalue weighted by molar-refractivity contribution is 6.30. The van der Waals surface area contributed by atoms with E-state index < -0.39 is 6.04 Å². The normalized spacial score (nSPS) is 18.4. The van der Waals surface area contributed by atoms with Crippen molar-refractivity contribution in [2.75, 3.05) is 12.4 Å². The predicted octanol–water partition coefficient (Wildman–Crippen LogP) is 3.92. The van der Waals surface area contributed by atoms with E-state index in [1.807, 2.05) is 18.2 Å². The third-order valence-corrected chi connectivity index (χ3v) is 7.21. The van der Waals surface area contributed by atoms with E-state index in [2.05, 4.69) is 21.7 Å². The molecule has 1 saturated carbocycles. The van der Waals surface area contributed by atoms with E-state index in [0.717, 1.165) is 47.7 Å². The molecule has 8 nitrogen and oxygen atoms in total. The van der Waals surface area contributed by atoms with Gasteiger partial charge in [-0.25, -0.2) is 4.98 Å². The van der Waals surface area contributed by atoms with Gasteiger partial charge < -0.3 is 19.9 Å². The number of benzene rings is 1. The summed E-state index contributed by atoms with van der Waals surface area (Å²) >= 11 is 6.10. The molecule has 0 saturated heterocycles. The molecule has 9 heteroatoms. The predicted molar refractivity (Wildman–Crippen MR) is 140 cm³/mol. The summed E-state index contributed by atoms with van der Waals surface area (Å²) in [6.45, 7) is 1.79. The van der Waals surface area contributed by atoms with E-state index in [-0.39, 0.29) is 28.8 Å². The number of anilines is 1. The van der Waals surface area contributed by atoms with Gasteiger partial charge in [0.15, 0.2) is 0 Å². The van der Waals surface area contributed by atoms with E-state index >= 15 is 0 Å². The van der Waals surface area contributed by atoms with Gasteiger partial charge in [-0.3, -0.25) is 9.59 Å². The minimum absolute atomic E-state index is 0.106. The zero-order chi connectivity index (χ0) is 25.8. The van der Waals surface area contributed by atoms with E-state index in [0.29, 0.717) is 17.7 Å². The van der Waals surface area contributed by atoms with Gasteiger partial charge in [-0.05, 0) is 68.4 Å². The van der Waals surface area contributed by atoms with Crippen LogP contribution in [0.5, 0.6) is 0 Å². The topological polar surface area (TPSA) is 109 Å². The first-order chi connectivity index (χ1) is 17.3. The third-order valence-electron chi connectivity index (χ3n) is 6.93. The van der Waals surface area contributed by atoms with Crippen molar-refractivity contribution in [3.63, 3.8) is 0 Å². The summed E-state index contributed by atoms with van der Waals surface area (Å²) in [5.41, 5.74) is 3.22. The molecule has 0 unspecified atom stereocenters. The molecule has 4 rings (SSSR count). The van der Waals surface area contributed by atoms with Crippen molar-refractivity contribution < 1.29 is 9.53 Å². The summed E-state index contributed by atoms with van der Waals surface area (Å²) in [5, 5.41) is 16.9. The fraction of sp³-hybridized carbons (Fsp3) is 0.407. The van der Waals surface area contributed by atoms with Gasteiger partial charge in [0, 0.05) is 43.5 Å². The number of nitrogens with zero attached hydrogens (tertiary/aromatic N) is 3. The molecule has 0 aliphatic heterocycles. The summed E-state index contributed by atoms with van der Waals surface area (Å²) in [5.74, 6) is -0.106. The lowest BCUT2D eigenvalue weighted by Crippen LogP contribution is -2.45. The molecule has 1 aromatic carbocycles. The van der Waals surface area contributed by atoms with Crippen molar-refractivity contribution in [1.82, 2.24) is 14.9 Å². The number of amides is 1. The maximum atomic E-state index is 12.9. The van der Waals surface area contributed by atoms with Gasteiger partial charge in [0.25, 0.3) is 5.56 Å². The SMILES string of the molecule is COC1CCC(NC(=O)[C@@H](C)Nc2cc(=O)n(C)c3ccc(Cc4ccnc(Cl)c4C#N)cc23)CC1. The standard InChI is InChI=1S/C27H30ClN5O3/c1-16(27(35)32-19-5-7-20(36-3)8-6-19)31-23-14-25(34)33(2)24-9-4-17(13-21(23)24)12-18-10-11-30-26(28)22(18)15-29/h4,9-11,13-14,16,19-20,31H,5-8,12H2,1-3H3,(H,32,35)/t16-,19?,20?/m1/s1. The molecule has 2 heterocycles. The molecule has 1 aliphatic rings. The van der Waals surface area contributed by atoms with Crippen LogP contribution in [0.3, 0.4) is 0 Å². The van der Waals surface area contributed by atoms with Crippen LogP contribution >= 0.6 is 11.6 Å².